The number of carbonyl (C=O) groups is 1. The molecular formula is C18H16FNOS. The summed E-state index contributed by atoms with van der Waals surface area (Å²) in [4.78, 5) is 13.3. The van der Waals surface area contributed by atoms with Gasteiger partial charge in [0.25, 0.3) is 5.91 Å². The Kier molecular flexibility index (Phi) is 4.20. The number of hydrogen-bond donors (Lipinski definition) is 1. The molecule has 112 valence electrons. The summed E-state index contributed by atoms with van der Waals surface area (Å²) < 4.78 is 14.1. The molecule has 4 heteroatoms. The summed E-state index contributed by atoms with van der Waals surface area (Å²) in [5, 5.41) is 4.00. The Morgan fingerprint density at radius 2 is 1.86 bits per heavy atom. The van der Waals surface area contributed by atoms with Crippen LogP contribution in [0.25, 0.3) is 10.1 Å². The molecular weight excluding hydrogens is 297 g/mol. The fraction of sp³-hybridized carbons (Fsp3) is 0.167. The normalized spacial score (nSPS) is 10.8. The van der Waals surface area contributed by atoms with Crippen molar-refractivity contribution in [2.75, 3.05) is 5.32 Å². The highest BCUT2D eigenvalue weighted by molar-refractivity contribution is 7.21. The van der Waals surface area contributed by atoms with Gasteiger partial charge in [0.2, 0.25) is 0 Å². The topological polar surface area (TPSA) is 29.1 Å². The van der Waals surface area contributed by atoms with Crippen LogP contribution in [0.1, 0.15) is 28.6 Å². The zero-order valence-corrected chi connectivity index (χ0v) is 13.0. The average Bonchev–Trinajstić information content (AvgIpc) is 2.89. The van der Waals surface area contributed by atoms with Crippen LogP contribution in [0.3, 0.4) is 0 Å². The van der Waals surface area contributed by atoms with Gasteiger partial charge in [0, 0.05) is 10.4 Å². The monoisotopic (exact) mass is 313 g/mol. The Morgan fingerprint density at radius 1 is 1.14 bits per heavy atom. The van der Waals surface area contributed by atoms with Crippen LogP contribution in [0, 0.1) is 5.82 Å². The lowest BCUT2D eigenvalue weighted by Gasteiger charge is -2.06. The Balaban J connectivity index is 1.96. The van der Waals surface area contributed by atoms with Crippen molar-refractivity contribution in [3.05, 3.63) is 64.8 Å². The van der Waals surface area contributed by atoms with Crippen molar-refractivity contribution in [3.8, 4) is 0 Å². The molecule has 1 heterocycles. The first-order valence-electron chi connectivity index (χ1n) is 7.26. The van der Waals surface area contributed by atoms with E-state index in [0.29, 0.717) is 5.69 Å². The number of aryl methyl sites for hydroxylation is 1. The molecule has 2 nitrogen and oxygen atoms in total. The van der Waals surface area contributed by atoms with Crippen LogP contribution in [0.2, 0.25) is 0 Å². The van der Waals surface area contributed by atoms with Gasteiger partial charge in [-0.3, -0.25) is 4.79 Å². The van der Waals surface area contributed by atoms with E-state index in [1.165, 1.54) is 23.5 Å². The Morgan fingerprint density at radius 3 is 2.59 bits per heavy atom. The molecule has 0 saturated carbocycles. The van der Waals surface area contributed by atoms with Crippen molar-refractivity contribution in [2.45, 2.75) is 19.8 Å². The van der Waals surface area contributed by atoms with E-state index in [0.717, 1.165) is 33.4 Å². The summed E-state index contributed by atoms with van der Waals surface area (Å²) in [6, 6.07) is 13.9. The molecule has 0 fully saturated rings. The Labute approximate surface area is 132 Å². The van der Waals surface area contributed by atoms with Crippen LogP contribution >= 0.6 is 11.3 Å². The second-order valence-electron chi connectivity index (χ2n) is 5.12. The lowest BCUT2D eigenvalue weighted by atomic mass is 10.1. The van der Waals surface area contributed by atoms with Gasteiger partial charge in [0.05, 0.1) is 4.88 Å². The zero-order valence-electron chi connectivity index (χ0n) is 12.2. The quantitative estimate of drug-likeness (QED) is 0.700. The molecule has 3 rings (SSSR count). The molecule has 3 aromatic rings. The van der Waals surface area contributed by atoms with Gasteiger partial charge in [-0.2, -0.15) is 0 Å². The van der Waals surface area contributed by atoms with Gasteiger partial charge in [0.15, 0.2) is 0 Å². The van der Waals surface area contributed by atoms with Gasteiger partial charge < -0.3 is 5.32 Å². The first-order valence-corrected chi connectivity index (χ1v) is 8.08. The molecule has 0 aliphatic heterocycles. The molecule has 0 atom stereocenters. The molecule has 0 bridgehead atoms. The van der Waals surface area contributed by atoms with Crippen molar-refractivity contribution in [1.82, 2.24) is 0 Å². The predicted molar refractivity (Wildman–Crippen MR) is 90.2 cm³/mol. The van der Waals surface area contributed by atoms with Crippen LogP contribution in [-0.2, 0) is 6.42 Å². The molecule has 0 unspecified atom stereocenters. The minimum Gasteiger partial charge on any atom is -0.321 e. The molecule has 0 aliphatic rings. The average molecular weight is 313 g/mol. The van der Waals surface area contributed by atoms with E-state index < -0.39 is 0 Å². The third kappa shape index (κ3) is 2.88. The third-order valence-corrected chi connectivity index (χ3v) is 4.72. The Hall–Kier alpha value is -2.20. The molecule has 2 aromatic carbocycles. The lowest BCUT2D eigenvalue weighted by Crippen LogP contribution is -2.12. The van der Waals surface area contributed by atoms with Crippen LogP contribution in [0.15, 0.2) is 48.5 Å². The van der Waals surface area contributed by atoms with Gasteiger partial charge in [-0.15, -0.1) is 11.3 Å². The first kappa shape index (κ1) is 14.7. The summed E-state index contributed by atoms with van der Waals surface area (Å²) in [5.74, 6) is -0.442. The summed E-state index contributed by atoms with van der Waals surface area (Å²) in [6.07, 6.45) is 1.85. The zero-order chi connectivity index (χ0) is 15.5. The fourth-order valence-electron chi connectivity index (χ4n) is 2.50. The maximum atomic E-state index is 12.9. The number of thiophene rings is 1. The van der Waals surface area contributed by atoms with Crippen LogP contribution in [0.5, 0.6) is 0 Å². The van der Waals surface area contributed by atoms with Crippen molar-refractivity contribution in [3.63, 3.8) is 0 Å². The number of carbonyl (C=O) groups excluding carboxylic acids is 1. The van der Waals surface area contributed by atoms with Crippen LogP contribution < -0.4 is 5.32 Å². The van der Waals surface area contributed by atoms with Gasteiger partial charge >= 0.3 is 0 Å². The fourth-order valence-corrected chi connectivity index (χ4v) is 3.65. The number of benzene rings is 2. The summed E-state index contributed by atoms with van der Waals surface area (Å²) in [7, 11) is 0. The van der Waals surface area contributed by atoms with Crippen LogP contribution in [0.4, 0.5) is 10.1 Å². The first-order chi connectivity index (χ1) is 10.7. The summed E-state index contributed by atoms with van der Waals surface area (Å²) in [6.45, 7) is 2.11. The lowest BCUT2D eigenvalue weighted by molar-refractivity contribution is 0.103. The smallest absolute Gasteiger partial charge is 0.266 e. The van der Waals surface area contributed by atoms with E-state index in [1.807, 2.05) is 18.2 Å². The number of anilines is 1. The largest absolute Gasteiger partial charge is 0.321 e. The molecule has 1 amide bonds. The van der Waals surface area contributed by atoms with E-state index in [9.17, 15) is 9.18 Å². The number of fused-ring (bicyclic) bond motifs is 1. The van der Waals surface area contributed by atoms with Crippen molar-refractivity contribution < 1.29 is 9.18 Å². The van der Waals surface area contributed by atoms with Gasteiger partial charge in [-0.25, -0.2) is 4.39 Å². The number of amides is 1. The van der Waals surface area contributed by atoms with E-state index in [2.05, 4.69) is 18.3 Å². The maximum Gasteiger partial charge on any atom is 0.266 e. The summed E-state index contributed by atoms with van der Waals surface area (Å²) >= 11 is 1.51. The number of rotatable bonds is 4. The molecule has 0 radical (unpaired) electrons. The van der Waals surface area contributed by atoms with E-state index in [1.54, 1.807) is 12.1 Å². The number of nitrogens with one attached hydrogen (secondary N) is 1. The molecule has 0 aliphatic carbocycles. The van der Waals surface area contributed by atoms with Crippen molar-refractivity contribution in [2.24, 2.45) is 0 Å². The minimum atomic E-state index is -0.313. The van der Waals surface area contributed by atoms with Crippen molar-refractivity contribution >= 4 is 33.0 Å². The second kappa shape index (κ2) is 6.28. The van der Waals surface area contributed by atoms with Gasteiger partial charge in [-0.05, 0) is 47.7 Å². The maximum absolute atomic E-state index is 12.9. The number of hydrogen-bond acceptors (Lipinski definition) is 2. The Bertz CT molecular complexity index is 808. The van der Waals surface area contributed by atoms with Crippen LogP contribution in [-0.4, -0.2) is 5.91 Å². The highest BCUT2D eigenvalue weighted by Gasteiger charge is 2.17. The predicted octanol–water partition coefficient (Wildman–Crippen LogP) is 5.25. The molecule has 0 saturated heterocycles. The standard InChI is InChI=1S/C18H16FNOS/c1-2-5-15-14-6-3-4-7-16(14)22-17(15)18(21)20-13-10-8-12(19)9-11-13/h3-4,6-11H,2,5H2,1H3,(H,20,21). The molecule has 1 aromatic heterocycles. The van der Waals surface area contributed by atoms with E-state index in [-0.39, 0.29) is 11.7 Å². The number of halogens is 1. The third-order valence-electron chi connectivity index (χ3n) is 3.51. The van der Waals surface area contributed by atoms with Gasteiger partial charge in [0.1, 0.15) is 5.82 Å². The highest BCUT2D eigenvalue weighted by Crippen LogP contribution is 2.32. The highest BCUT2D eigenvalue weighted by atomic mass is 32.1. The minimum absolute atomic E-state index is 0.128. The summed E-state index contributed by atoms with van der Waals surface area (Å²) in [5.41, 5.74) is 1.70. The molecule has 0 spiro atoms. The SMILES string of the molecule is CCCc1c(C(=O)Nc2ccc(F)cc2)sc2ccccc12. The van der Waals surface area contributed by atoms with Crippen molar-refractivity contribution in [1.29, 1.82) is 0 Å². The van der Waals surface area contributed by atoms with E-state index in [4.69, 9.17) is 0 Å². The van der Waals surface area contributed by atoms with Gasteiger partial charge in [-0.1, -0.05) is 31.5 Å². The second-order valence-corrected chi connectivity index (χ2v) is 6.17. The molecule has 22 heavy (non-hydrogen) atoms. The molecule has 1 N–H and O–H groups in total. The van der Waals surface area contributed by atoms with E-state index >= 15 is 0 Å².